The summed E-state index contributed by atoms with van der Waals surface area (Å²) in [6.45, 7) is 5.05. The molecule has 176 valence electrons. The number of nitrogens with zero attached hydrogens (tertiary/aromatic N) is 3. The molecule has 2 saturated heterocycles. The highest BCUT2D eigenvalue weighted by Crippen LogP contribution is 2.33. The minimum absolute atomic E-state index is 0.0930. The van der Waals surface area contributed by atoms with Crippen molar-refractivity contribution in [1.82, 2.24) is 9.80 Å². The van der Waals surface area contributed by atoms with Crippen molar-refractivity contribution < 1.29 is 19.1 Å². The summed E-state index contributed by atoms with van der Waals surface area (Å²) >= 11 is 0. The van der Waals surface area contributed by atoms with Crippen molar-refractivity contribution >= 4 is 23.3 Å². The van der Waals surface area contributed by atoms with Gasteiger partial charge in [-0.2, -0.15) is 0 Å². The molecule has 3 amide bonds. The standard InChI is InChI=1S/C25H32N4O4/c1-32-23-11-10-20(19-22(23)29-12-6-5-9-24(29)30)26-25(31)28-15-13-27(14-16-28)17-18-33-21-7-3-2-4-8-21/h2-4,7-8,10-11,19H,5-6,9,12-18H2,1H3,(H,26,31). The number of methoxy groups -OCH3 is 1. The van der Waals surface area contributed by atoms with Crippen LogP contribution in [0.4, 0.5) is 16.2 Å². The smallest absolute Gasteiger partial charge is 0.321 e. The molecule has 2 aromatic rings. The Morgan fingerprint density at radius 3 is 2.52 bits per heavy atom. The lowest BCUT2D eigenvalue weighted by molar-refractivity contribution is -0.119. The first kappa shape index (κ1) is 22.9. The number of benzene rings is 2. The molecule has 8 heteroatoms. The Morgan fingerprint density at radius 1 is 1.00 bits per heavy atom. The Labute approximate surface area is 195 Å². The molecule has 4 rings (SSSR count). The second-order valence-electron chi connectivity index (χ2n) is 8.31. The Bertz CT molecular complexity index is 945. The van der Waals surface area contributed by atoms with Crippen LogP contribution in [0.2, 0.25) is 0 Å². The summed E-state index contributed by atoms with van der Waals surface area (Å²) in [6, 6.07) is 15.1. The third kappa shape index (κ3) is 5.96. The largest absolute Gasteiger partial charge is 0.495 e. The summed E-state index contributed by atoms with van der Waals surface area (Å²) in [5.74, 6) is 1.60. The molecule has 0 aliphatic carbocycles. The van der Waals surface area contributed by atoms with Gasteiger partial charge in [-0.3, -0.25) is 9.69 Å². The van der Waals surface area contributed by atoms with Crippen molar-refractivity contribution in [3.05, 3.63) is 48.5 Å². The van der Waals surface area contributed by atoms with Gasteiger partial charge < -0.3 is 24.6 Å². The number of amides is 3. The number of piperidine rings is 1. The number of anilines is 2. The van der Waals surface area contributed by atoms with Crippen molar-refractivity contribution in [2.75, 3.05) is 63.2 Å². The van der Waals surface area contributed by atoms with Gasteiger partial charge in [0.25, 0.3) is 0 Å². The average molecular weight is 453 g/mol. The monoisotopic (exact) mass is 452 g/mol. The number of ether oxygens (including phenoxy) is 2. The third-order valence-corrected chi connectivity index (χ3v) is 6.12. The third-order valence-electron chi connectivity index (χ3n) is 6.12. The minimum atomic E-state index is -0.128. The van der Waals surface area contributed by atoms with Crippen molar-refractivity contribution in [3.8, 4) is 11.5 Å². The predicted molar refractivity (Wildman–Crippen MR) is 128 cm³/mol. The highest BCUT2D eigenvalue weighted by Gasteiger charge is 2.24. The fraction of sp³-hybridized carbons (Fsp3) is 0.440. The van der Waals surface area contributed by atoms with Crippen LogP contribution in [0.25, 0.3) is 0 Å². The van der Waals surface area contributed by atoms with E-state index in [9.17, 15) is 9.59 Å². The van der Waals surface area contributed by atoms with E-state index < -0.39 is 0 Å². The zero-order valence-corrected chi connectivity index (χ0v) is 19.2. The molecular weight excluding hydrogens is 420 g/mol. The van der Waals surface area contributed by atoms with Gasteiger partial charge in [-0.1, -0.05) is 18.2 Å². The molecule has 0 bridgehead atoms. The van der Waals surface area contributed by atoms with E-state index in [4.69, 9.17) is 9.47 Å². The van der Waals surface area contributed by atoms with Gasteiger partial charge in [-0.05, 0) is 43.2 Å². The molecule has 8 nitrogen and oxygen atoms in total. The van der Waals surface area contributed by atoms with Crippen LogP contribution in [0.5, 0.6) is 11.5 Å². The van der Waals surface area contributed by atoms with E-state index in [2.05, 4.69) is 10.2 Å². The number of hydrogen-bond donors (Lipinski definition) is 1. The molecule has 0 spiro atoms. The lowest BCUT2D eigenvalue weighted by Crippen LogP contribution is -2.50. The van der Waals surface area contributed by atoms with Gasteiger partial charge in [0.2, 0.25) is 5.91 Å². The Kier molecular flexibility index (Phi) is 7.67. The second-order valence-corrected chi connectivity index (χ2v) is 8.31. The van der Waals surface area contributed by atoms with Crippen LogP contribution >= 0.6 is 0 Å². The summed E-state index contributed by atoms with van der Waals surface area (Å²) in [6.07, 6.45) is 2.42. The Morgan fingerprint density at radius 2 is 1.79 bits per heavy atom. The summed E-state index contributed by atoms with van der Waals surface area (Å²) in [5, 5.41) is 2.99. The van der Waals surface area contributed by atoms with E-state index in [1.165, 1.54) is 0 Å². The van der Waals surface area contributed by atoms with Crippen LogP contribution in [0, 0.1) is 0 Å². The van der Waals surface area contributed by atoms with E-state index in [-0.39, 0.29) is 11.9 Å². The summed E-state index contributed by atoms with van der Waals surface area (Å²) in [4.78, 5) is 31.1. The van der Waals surface area contributed by atoms with Crippen molar-refractivity contribution in [1.29, 1.82) is 0 Å². The highest BCUT2D eigenvalue weighted by molar-refractivity contribution is 5.97. The molecule has 0 aromatic heterocycles. The molecule has 0 atom stereocenters. The van der Waals surface area contributed by atoms with Gasteiger partial charge in [0, 0.05) is 51.4 Å². The van der Waals surface area contributed by atoms with Crippen molar-refractivity contribution in [3.63, 3.8) is 0 Å². The Balaban J connectivity index is 1.28. The molecule has 2 aliphatic rings. The molecule has 2 fully saturated rings. The van der Waals surface area contributed by atoms with E-state index in [1.54, 1.807) is 18.1 Å². The molecule has 0 unspecified atom stereocenters. The summed E-state index contributed by atoms with van der Waals surface area (Å²) in [5.41, 5.74) is 1.37. The first-order chi connectivity index (χ1) is 16.1. The average Bonchev–Trinajstić information content (AvgIpc) is 2.85. The van der Waals surface area contributed by atoms with Crippen LogP contribution in [0.1, 0.15) is 19.3 Å². The number of nitrogens with one attached hydrogen (secondary N) is 1. The molecular formula is C25H32N4O4. The number of para-hydroxylation sites is 1. The first-order valence-corrected chi connectivity index (χ1v) is 11.6. The van der Waals surface area contributed by atoms with E-state index >= 15 is 0 Å². The van der Waals surface area contributed by atoms with Crippen LogP contribution in [0.15, 0.2) is 48.5 Å². The van der Waals surface area contributed by atoms with E-state index in [0.29, 0.717) is 49.8 Å². The summed E-state index contributed by atoms with van der Waals surface area (Å²) < 4.78 is 11.2. The number of urea groups is 1. The van der Waals surface area contributed by atoms with Gasteiger partial charge in [0.15, 0.2) is 0 Å². The number of piperazine rings is 1. The molecule has 33 heavy (non-hydrogen) atoms. The van der Waals surface area contributed by atoms with Gasteiger partial charge in [-0.15, -0.1) is 0 Å². The Hall–Kier alpha value is -3.26. The fourth-order valence-electron chi connectivity index (χ4n) is 4.23. The maximum Gasteiger partial charge on any atom is 0.321 e. The van der Waals surface area contributed by atoms with Gasteiger partial charge in [-0.25, -0.2) is 4.79 Å². The number of carbonyl (C=O) groups excluding carboxylic acids is 2. The van der Waals surface area contributed by atoms with Crippen LogP contribution < -0.4 is 19.7 Å². The van der Waals surface area contributed by atoms with Gasteiger partial charge in [0.1, 0.15) is 18.1 Å². The predicted octanol–water partition coefficient (Wildman–Crippen LogP) is 3.44. The minimum Gasteiger partial charge on any atom is -0.495 e. The number of rotatable bonds is 7. The zero-order chi connectivity index (χ0) is 23.0. The molecule has 2 aromatic carbocycles. The maximum absolute atomic E-state index is 12.8. The van der Waals surface area contributed by atoms with E-state index in [1.807, 2.05) is 47.4 Å². The number of carbonyl (C=O) groups is 2. The van der Waals surface area contributed by atoms with Gasteiger partial charge in [0.05, 0.1) is 12.8 Å². The zero-order valence-electron chi connectivity index (χ0n) is 19.2. The summed E-state index contributed by atoms with van der Waals surface area (Å²) in [7, 11) is 1.59. The normalized spacial score (nSPS) is 17.1. The quantitative estimate of drug-likeness (QED) is 0.697. The lowest BCUT2D eigenvalue weighted by Gasteiger charge is -2.34. The topological polar surface area (TPSA) is 74.4 Å². The van der Waals surface area contributed by atoms with Gasteiger partial charge >= 0.3 is 6.03 Å². The molecule has 1 N–H and O–H groups in total. The SMILES string of the molecule is COc1ccc(NC(=O)N2CCN(CCOc3ccccc3)CC2)cc1N1CCCCC1=O. The molecule has 2 aliphatic heterocycles. The van der Waals surface area contributed by atoms with Crippen LogP contribution in [-0.4, -0.2) is 74.7 Å². The van der Waals surface area contributed by atoms with Crippen LogP contribution in [-0.2, 0) is 4.79 Å². The van der Waals surface area contributed by atoms with Crippen molar-refractivity contribution in [2.24, 2.45) is 0 Å². The second kappa shape index (κ2) is 11.0. The molecule has 2 heterocycles. The maximum atomic E-state index is 12.8. The van der Waals surface area contributed by atoms with Crippen molar-refractivity contribution in [2.45, 2.75) is 19.3 Å². The molecule has 0 radical (unpaired) electrons. The van der Waals surface area contributed by atoms with E-state index in [0.717, 1.165) is 38.2 Å². The van der Waals surface area contributed by atoms with Crippen LogP contribution in [0.3, 0.4) is 0 Å². The fourth-order valence-corrected chi connectivity index (χ4v) is 4.23. The first-order valence-electron chi connectivity index (χ1n) is 11.6. The lowest BCUT2D eigenvalue weighted by atomic mass is 10.1. The number of hydrogen-bond acceptors (Lipinski definition) is 5. The highest BCUT2D eigenvalue weighted by atomic mass is 16.5. The molecule has 0 saturated carbocycles.